The Balaban J connectivity index is 1.87. The van der Waals surface area contributed by atoms with Gasteiger partial charge in [0.25, 0.3) is 5.91 Å². The van der Waals surface area contributed by atoms with Crippen LogP contribution in [0.3, 0.4) is 0 Å². The van der Waals surface area contributed by atoms with Crippen LogP contribution in [0.25, 0.3) is 0 Å². The van der Waals surface area contributed by atoms with Gasteiger partial charge in [-0.2, -0.15) is 0 Å². The van der Waals surface area contributed by atoms with Gasteiger partial charge < -0.3 is 10.2 Å². The first kappa shape index (κ1) is 19.3. The number of para-hydroxylation sites is 1. The minimum Gasteiger partial charge on any atom is -0.356 e. The Kier molecular flexibility index (Phi) is 6.09. The Hall–Kier alpha value is -2.43. The Morgan fingerprint density at radius 3 is 2.44 bits per heavy atom. The first-order chi connectivity index (χ1) is 13.0. The molecule has 27 heavy (non-hydrogen) atoms. The molecule has 1 aromatic heterocycles. The highest BCUT2D eigenvalue weighted by Gasteiger charge is 2.18. The van der Waals surface area contributed by atoms with Crippen molar-refractivity contribution in [3.8, 4) is 0 Å². The lowest BCUT2D eigenvalue weighted by molar-refractivity contribution is 0.102. The highest BCUT2D eigenvalue weighted by atomic mass is 16.1. The van der Waals surface area contributed by atoms with Gasteiger partial charge in [-0.15, -0.1) is 0 Å². The lowest BCUT2D eigenvalue weighted by atomic mass is 9.98. The molecule has 0 aliphatic carbocycles. The van der Waals surface area contributed by atoms with E-state index in [2.05, 4.69) is 40.1 Å². The summed E-state index contributed by atoms with van der Waals surface area (Å²) in [6.07, 6.45) is 4.87. The fourth-order valence-electron chi connectivity index (χ4n) is 3.65. The maximum atomic E-state index is 13.0. The number of carbonyl (C=O) groups is 1. The molecule has 0 atom stereocenters. The third-order valence-electron chi connectivity index (χ3n) is 5.15. The smallest absolute Gasteiger partial charge is 0.274 e. The van der Waals surface area contributed by atoms with E-state index in [1.807, 2.05) is 32.0 Å². The molecule has 144 valence electrons. The van der Waals surface area contributed by atoms with Crippen LogP contribution in [0, 0.1) is 13.8 Å². The quantitative estimate of drug-likeness (QED) is 0.840. The number of rotatable bonds is 4. The van der Waals surface area contributed by atoms with Gasteiger partial charge in [-0.3, -0.25) is 4.79 Å². The molecule has 1 aliphatic heterocycles. The number of amides is 1. The van der Waals surface area contributed by atoms with Gasteiger partial charge >= 0.3 is 0 Å². The molecule has 0 unspecified atom stereocenters. The first-order valence-corrected chi connectivity index (χ1v) is 9.97. The molecule has 5 nitrogen and oxygen atoms in total. The number of hydrogen-bond donors (Lipinski definition) is 1. The summed E-state index contributed by atoms with van der Waals surface area (Å²) in [5.41, 5.74) is 3.53. The summed E-state index contributed by atoms with van der Waals surface area (Å²) >= 11 is 0. The van der Waals surface area contributed by atoms with Crippen LogP contribution in [-0.2, 0) is 0 Å². The zero-order valence-electron chi connectivity index (χ0n) is 16.9. The van der Waals surface area contributed by atoms with E-state index in [1.165, 1.54) is 25.7 Å². The van der Waals surface area contributed by atoms with Crippen molar-refractivity contribution in [1.29, 1.82) is 0 Å². The SMILES string of the molecule is Cc1nc(C(=O)Nc2c(C)cccc2C(C)C)cc(N2CCCCCC2)n1. The van der Waals surface area contributed by atoms with Gasteiger partial charge in [0, 0.05) is 24.8 Å². The lowest BCUT2D eigenvalue weighted by Crippen LogP contribution is -2.26. The van der Waals surface area contributed by atoms with Gasteiger partial charge in [-0.05, 0) is 43.7 Å². The van der Waals surface area contributed by atoms with E-state index in [9.17, 15) is 4.79 Å². The van der Waals surface area contributed by atoms with E-state index in [1.54, 1.807) is 0 Å². The van der Waals surface area contributed by atoms with E-state index in [0.717, 1.165) is 35.7 Å². The Morgan fingerprint density at radius 1 is 1.07 bits per heavy atom. The maximum absolute atomic E-state index is 13.0. The number of benzene rings is 1. The van der Waals surface area contributed by atoms with Crippen LogP contribution in [0.2, 0.25) is 0 Å². The summed E-state index contributed by atoms with van der Waals surface area (Å²) in [5, 5.41) is 3.10. The molecule has 0 spiro atoms. The molecule has 1 fully saturated rings. The van der Waals surface area contributed by atoms with Crippen molar-refractivity contribution < 1.29 is 4.79 Å². The summed E-state index contributed by atoms with van der Waals surface area (Å²) in [4.78, 5) is 24.2. The zero-order valence-corrected chi connectivity index (χ0v) is 16.9. The molecule has 0 bridgehead atoms. The average molecular weight is 367 g/mol. The summed E-state index contributed by atoms with van der Waals surface area (Å²) < 4.78 is 0. The summed E-state index contributed by atoms with van der Waals surface area (Å²) in [6.45, 7) is 10.1. The van der Waals surface area contributed by atoms with Gasteiger partial charge in [0.2, 0.25) is 0 Å². The van der Waals surface area contributed by atoms with Crippen molar-refractivity contribution in [2.75, 3.05) is 23.3 Å². The molecule has 1 aromatic carbocycles. The molecule has 5 heteroatoms. The molecule has 2 heterocycles. The van der Waals surface area contributed by atoms with Gasteiger partial charge in [0.15, 0.2) is 0 Å². The largest absolute Gasteiger partial charge is 0.356 e. The van der Waals surface area contributed by atoms with E-state index < -0.39 is 0 Å². The average Bonchev–Trinajstić information content (AvgIpc) is 2.92. The number of aryl methyl sites for hydroxylation is 2. The van der Waals surface area contributed by atoms with Crippen molar-refractivity contribution in [3.05, 3.63) is 46.9 Å². The van der Waals surface area contributed by atoms with Crippen LogP contribution in [0.5, 0.6) is 0 Å². The molecular weight excluding hydrogens is 336 g/mol. The van der Waals surface area contributed by atoms with E-state index in [-0.39, 0.29) is 5.91 Å². The fraction of sp³-hybridized carbons (Fsp3) is 0.500. The van der Waals surface area contributed by atoms with Crippen molar-refractivity contribution in [3.63, 3.8) is 0 Å². The molecular formula is C22H30N4O. The number of anilines is 2. The van der Waals surface area contributed by atoms with Gasteiger partial charge in [0.1, 0.15) is 17.3 Å². The topological polar surface area (TPSA) is 58.1 Å². The van der Waals surface area contributed by atoms with Crippen LogP contribution in [0.15, 0.2) is 24.3 Å². The van der Waals surface area contributed by atoms with E-state index in [4.69, 9.17) is 0 Å². The molecule has 1 amide bonds. The van der Waals surface area contributed by atoms with Crippen LogP contribution in [0.1, 0.15) is 72.9 Å². The third kappa shape index (κ3) is 4.65. The second kappa shape index (κ2) is 8.51. The molecule has 2 aromatic rings. The van der Waals surface area contributed by atoms with Crippen molar-refractivity contribution in [2.24, 2.45) is 0 Å². The number of hydrogen-bond acceptors (Lipinski definition) is 4. The normalized spacial score (nSPS) is 14.9. The molecule has 1 N–H and O–H groups in total. The van der Waals surface area contributed by atoms with Gasteiger partial charge in [-0.1, -0.05) is 44.9 Å². The van der Waals surface area contributed by atoms with E-state index >= 15 is 0 Å². The Bertz CT molecular complexity index is 808. The summed E-state index contributed by atoms with van der Waals surface area (Å²) in [6, 6.07) is 7.96. The fourth-order valence-corrected chi connectivity index (χ4v) is 3.65. The zero-order chi connectivity index (χ0) is 19.4. The van der Waals surface area contributed by atoms with Crippen molar-refractivity contribution in [2.45, 2.75) is 59.3 Å². The number of carbonyl (C=O) groups excluding carboxylic acids is 1. The van der Waals surface area contributed by atoms with Crippen LogP contribution in [-0.4, -0.2) is 29.0 Å². The third-order valence-corrected chi connectivity index (χ3v) is 5.15. The standard InChI is InChI=1S/C22H30N4O/c1-15(2)18-11-9-10-16(3)21(18)25-22(27)19-14-20(24-17(4)23-19)26-12-7-5-6-8-13-26/h9-11,14-15H,5-8,12-13H2,1-4H3,(H,25,27). The predicted molar refractivity (Wildman–Crippen MR) is 111 cm³/mol. The molecule has 0 saturated carbocycles. The van der Waals surface area contributed by atoms with Crippen molar-refractivity contribution >= 4 is 17.4 Å². The maximum Gasteiger partial charge on any atom is 0.274 e. The van der Waals surface area contributed by atoms with Gasteiger partial charge in [-0.25, -0.2) is 9.97 Å². The summed E-state index contributed by atoms with van der Waals surface area (Å²) in [7, 11) is 0. The second-order valence-corrected chi connectivity index (χ2v) is 7.71. The second-order valence-electron chi connectivity index (χ2n) is 7.71. The monoisotopic (exact) mass is 366 g/mol. The highest BCUT2D eigenvalue weighted by molar-refractivity contribution is 6.04. The molecule has 3 rings (SSSR count). The lowest BCUT2D eigenvalue weighted by Gasteiger charge is -2.22. The highest BCUT2D eigenvalue weighted by Crippen LogP contribution is 2.28. The first-order valence-electron chi connectivity index (χ1n) is 9.97. The number of nitrogens with one attached hydrogen (secondary N) is 1. The number of aromatic nitrogens is 2. The van der Waals surface area contributed by atoms with Gasteiger partial charge in [0.05, 0.1) is 0 Å². The number of nitrogens with zero attached hydrogens (tertiary/aromatic N) is 3. The van der Waals surface area contributed by atoms with E-state index in [0.29, 0.717) is 17.4 Å². The van der Waals surface area contributed by atoms with Crippen LogP contribution >= 0.6 is 0 Å². The predicted octanol–water partition coefficient (Wildman–Crippen LogP) is 4.85. The summed E-state index contributed by atoms with van der Waals surface area (Å²) in [5.74, 6) is 1.66. The van der Waals surface area contributed by atoms with Crippen LogP contribution < -0.4 is 10.2 Å². The minimum atomic E-state index is -0.173. The Labute approximate surface area is 162 Å². The Morgan fingerprint density at radius 2 is 1.78 bits per heavy atom. The van der Waals surface area contributed by atoms with Crippen molar-refractivity contribution in [1.82, 2.24) is 9.97 Å². The minimum absolute atomic E-state index is 0.173. The molecule has 0 radical (unpaired) electrons. The van der Waals surface area contributed by atoms with Crippen LogP contribution in [0.4, 0.5) is 11.5 Å². The molecule has 1 aliphatic rings. The molecule has 1 saturated heterocycles.